The standard InChI is InChI=1S/C23H25NO7/c1-22(2)7-13(26)18(14(27)8-22)20-17-11(24(29)30)5-6-12(25)21(17)31-16-10-23(3,4)9-15(28)19(16)20/h5-6,20,25-26H,7-10H2,1-4H3. The molecule has 1 unspecified atom stereocenters. The number of Topliss-reactive ketones (excluding diaryl/α,β-unsaturated/α-hetero) is 2. The van der Waals surface area contributed by atoms with Gasteiger partial charge >= 0.3 is 0 Å². The van der Waals surface area contributed by atoms with E-state index in [1.165, 1.54) is 0 Å². The van der Waals surface area contributed by atoms with Gasteiger partial charge in [-0.2, -0.15) is 0 Å². The van der Waals surface area contributed by atoms with Crippen molar-refractivity contribution in [3.63, 3.8) is 0 Å². The third kappa shape index (κ3) is 3.40. The van der Waals surface area contributed by atoms with Crippen LogP contribution in [0, 0.1) is 20.9 Å². The lowest BCUT2D eigenvalue weighted by molar-refractivity contribution is -0.385. The largest absolute Gasteiger partial charge is 0.512 e. The summed E-state index contributed by atoms with van der Waals surface area (Å²) in [6, 6.07) is 2.29. The third-order valence-corrected chi connectivity index (χ3v) is 6.22. The Kier molecular flexibility index (Phi) is 4.54. The minimum Gasteiger partial charge on any atom is -0.512 e. The molecule has 1 atom stereocenters. The van der Waals surface area contributed by atoms with Crippen LogP contribution < -0.4 is 4.74 Å². The summed E-state index contributed by atoms with van der Waals surface area (Å²) in [6.07, 6.45) is 0.880. The lowest BCUT2D eigenvalue weighted by atomic mass is 9.66. The van der Waals surface area contributed by atoms with Gasteiger partial charge in [-0.3, -0.25) is 19.7 Å². The highest BCUT2D eigenvalue weighted by Gasteiger charge is 2.49. The molecule has 0 bridgehead atoms. The Balaban J connectivity index is 2.05. The molecular formula is C23H25NO7. The predicted octanol–water partition coefficient (Wildman–Crippen LogP) is 4.62. The van der Waals surface area contributed by atoms with Gasteiger partial charge in [-0.25, -0.2) is 0 Å². The molecule has 0 radical (unpaired) electrons. The Morgan fingerprint density at radius 2 is 1.55 bits per heavy atom. The molecule has 0 saturated carbocycles. The van der Waals surface area contributed by atoms with Crippen molar-refractivity contribution in [3.8, 4) is 11.5 Å². The molecule has 1 aliphatic heterocycles. The zero-order valence-corrected chi connectivity index (χ0v) is 17.9. The van der Waals surface area contributed by atoms with Crippen LogP contribution in [0.15, 0.2) is 34.8 Å². The van der Waals surface area contributed by atoms with Gasteiger partial charge in [-0.1, -0.05) is 27.7 Å². The fraction of sp³-hybridized carbons (Fsp3) is 0.478. The van der Waals surface area contributed by atoms with Crippen molar-refractivity contribution in [1.29, 1.82) is 0 Å². The minimum atomic E-state index is -1.15. The number of hydrogen-bond acceptors (Lipinski definition) is 7. The average molecular weight is 427 g/mol. The summed E-state index contributed by atoms with van der Waals surface area (Å²) in [4.78, 5) is 37.6. The Morgan fingerprint density at radius 1 is 0.968 bits per heavy atom. The number of allylic oxidation sites excluding steroid dienone is 4. The van der Waals surface area contributed by atoms with E-state index in [9.17, 15) is 29.9 Å². The van der Waals surface area contributed by atoms with E-state index in [1.807, 2.05) is 27.7 Å². The molecule has 1 heterocycles. The number of benzene rings is 1. The zero-order chi connectivity index (χ0) is 22.9. The average Bonchev–Trinajstić information content (AvgIpc) is 2.58. The maximum atomic E-state index is 13.2. The number of carbonyl (C=O) groups is 2. The molecular weight excluding hydrogens is 402 g/mol. The second kappa shape index (κ2) is 6.67. The van der Waals surface area contributed by atoms with E-state index in [1.54, 1.807) is 0 Å². The molecule has 164 valence electrons. The number of aromatic hydroxyl groups is 1. The SMILES string of the molecule is CC1(C)CC(=O)C(C2C3=C(CC(C)(C)CC3=O)Oc3c(O)ccc([N+](=O)[O-])c32)=C(O)C1. The lowest BCUT2D eigenvalue weighted by Crippen LogP contribution is -2.36. The van der Waals surface area contributed by atoms with Gasteiger partial charge in [0.15, 0.2) is 23.1 Å². The molecule has 2 N–H and O–H groups in total. The van der Waals surface area contributed by atoms with E-state index in [2.05, 4.69) is 0 Å². The van der Waals surface area contributed by atoms with Crippen LogP contribution in [0.3, 0.4) is 0 Å². The lowest BCUT2D eigenvalue weighted by Gasteiger charge is -2.40. The summed E-state index contributed by atoms with van der Waals surface area (Å²) in [5.41, 5.74) is -1.18. The third-order valence-electron chi connectivity index (χ3n) is 6.22. The number of nitro benzene ring substituents is 1. The Bertz CT molecular complexity index is 1110. The fourth-order valence-corrected chi connectivity index (χ4v) is 5.00. The molecule has 3 aliphatic rings. The summed E-state index contributed by atoms with van der Waals surface area (Å²) in [5.74, 6) is -2.16. The number of nitro groups is 1. The Hall–Kier alpha value is -3.16. The summed E-state index contributed by atoms with van der Waals surface area (Å²) >= 11 is 0. The number of phenolic OH excluding ortho intramolecular Hbond substituents is 1. The van der Waals surface area contributed by atoms with Crippen molar-refractivity contribution >= 4 is 17.3 Å². The molecule has 31 heavy (non-hydrogen) atoms. The zero-order valence-electron chi connectivity index (χ0n) is 17.9. The van der Waals surface area contributed by atoms with Gasteiger partial charge < -0.3 is 14.9 Å². The van der Waals surface area contributed by atoms with Gasteiger partial charge in [0, 0.05) is 42.9 Å². The van der Waals surface area contributed by atoms with Gasteiger partial charge in [0.25, 0.3) is 5.69 Å². The highest BCUT2D eigenvalue weighted by molar-refractivity contribution is 6.06. The maximum Gasteiger partial charge on any atom is 0.277 e. The highest BCUT2D eigenvalue weighted by Crippen LogP contribution is 2.56. The minimum absolute atomic E-state index is 0.0156. The molecule has 0 saturated heterocycles. The molecule has 2 aliphatic carbocycles. The van der Waals surface area contributed by atoms with Crippen LogP contribution in [0.2, 0.25) is 0 Å². The van der Waals surface area contributed by atoms with Crippen LogP contribution in [0.25, 0.3) is 0 Å². The van der Waals surface area contributed by atoms with Crippen molar-refractivity contribution in [2.45, 2.75) is 59.3 Å². The molecule has 0 spiro atoms. The number of aliphatic hydroxyl groups excluding tert-OH is 1. The Labute approximate surface area is 179 Å². The molecule has 0 amide bonds. The van der Waals surface area contributed by atoms with Crippen molar-refractivity contribution in [3.05, 3.63) is 50.5 Å². The van der Waals surface area contributed by atoms with E-state index >= 15 is 0 Å². The molecule has 1 aromatic carbocycles. The van der Waals surface area contributed by atoms with E-state index in [0.29, 0.717) is 6.42 Å². The molecule has 0 fully saturated rings. The van der Waals surface area contributed by atoms with Crippen LogP contribution in [0.4, 0.5) is 5.69 Å². The van der Waals surface area contributed by atoms with E-state index < -0.39 is 21.7 Å². The van der Waals surface area contributed by atoms with Gasteiger partial charge in [-0.15, -0.1) is 0 Å². The predicted molar refractivity (Wildman–Crippen MR) is 111 cm³/mol. The second-order valence-corrected chi connectivity index (χ2v) is 10.2. The van der Waals surface area contributed by atoms with Gasteiger partial charge in [0.05, 0.1) is 16.4 Å². The number of hydrogen-bond donors (Lipinski definition) is 2. The molecule has 0 aromatic heterocycles. The first-order valence-electron chi connectivity index (χ1n) is 10.2. The van der Waals surface area contributed by atoms with Crippen LogP contribution in [0.1, 0.15) is 64.9 Å². The van der Waals surface area contributed by atoms with Gasteiger partial charge in [0.2, 0.25) is 0 Å². The van der Waals surface area contributed by atoms with Gasteiger partial charge in [0.1, 0.15) is 11.5 Å². The first-order valence-corrected chi connectivity index (χ1v) is 10.2. The quantitative estimate of drug-likeness (QED) is 0.521. The first kappa shape index (κ1) is 21.1. The van der Waals surface area contributed by atoms with Crippen LogP contribution >= 0.6 is 0 Å². The molecule has 1 aromatic rings. The number of phenols is 1. The van der Waals surface area contributed by atoms with Gasteiger partial charge in [-0.05, 0) is 16.9 Å². The van der Waals surface area contributed by atoms with Crippen LogP contribution in [-0.2, 0) is 9.59 Å². The highest BCUT2D eigenvalue weighted by atomic mass is 16.6. The van der Waals surface area contributed by atoms with Crippen molar-refractivity contribution in [1.82, 2.24) is 0 Å². The number of carbonyl (C=O) groups excluding carboxylic acids is 2. The normalized spacial score (nSPS) is 24.5. The number of ether oxygens (including phenoxy) is 1. The Morgan fingerprint density at radius 3 is 2.13 bits per heavy atom. The van der Waals surface area contributed by atoms with Crippen LogP contribution in [0.5, 0.6) is 11.5 Å². The van der Waals surface area contributed by atoms with Crippen molar-refractivity contribution < 1.29 is 29.5 Å². The fourth-order valence-electron chi connectivity index (χ4n) is 5.00. The van der Waals surface area contributed by atoms with Crippen molar-refractivity contribution in [2.24, 2.45) is 10.8 Å². The van der Waals surface area contributed by atoms with E-state index in [0.717, 1.165) is 12.1 Å². The summed E-state index contributed by atoms with van der Waals surface area (Å²) < 4.78 is 5.88. The topological polar surface area (TPSA) is 127 Å². The summed E-state index contributed by atoms with van der Waals surface area (Å²) in [5, 5.41) is 33.2. The number of nitrogens with zero attached hydrogens (tertiary/aromatic N) is 1. The summed E-state index contributed by atoms with van der Waals surface area (Å²) in [7, 11) is 0. The number of fused-ring (bicyclic) bond motifs is 1. The first-order chi connectivity index (χ1) is 14.3. The van der Waals surface area contributed by atoms with Crippen LogP contribution in [-0.4, -0.2) is 26.7 Å². The van der Waals surface area contributed by atoms with E-state index in [-0.39, 0.29) is 76.2 Å². The number of ketones is 2. The second-order valence-electron chi connectivity index (χ2n) is 10.2. The smallest absolute Gasteiger partial charge is 0.277 e. The van der Waals surface area contributed by atoms with E-state index in [4.69, 9.17) is 4.74 Å². The van der Waals surface area contributed by atoms with Crippen molar-refractivity contribution in [2.75, 3.05) is 0 Å². The number of aliphatic hydroxyl groups is 1. The monoisotopic (exact) mass is 427 g/mol. The maximum absolute atomic E-state index is 13.2. The number of rotatable bonds is 2. The molecule has 8 nitrogen and oxygen atoms in total. The summed E-state index contributed by atoms with van der Waals surface area (Å²) in [6.45, 7) is 7.51. The molecule has 4 rings (SSSR count). The molecule has 8 heteroatoms.